The van der Waals surface area contributed by atoms with E-state index in [2.05, 4.69) is 26.2 Å². The quantitative estimate of drug-likeness (QED) is 0.232. The topological polar surface area (TPSA) is 79.5 Å². The van der Waals surface area contributed by atoms with Crippen molar-refractivity contribution >= 4 is 21.9 Å². The number of benzene rings is 3. The Labute approximate surface area is 229 Å². The van der Waals surface area contributed by atoms with Gasteiger partial charge >= 0.3 is 0 Å². The summed E-state index contributed by atoms with van der Waals surface area (Å²) in [5.74, 6) is 0.476. The second-order valence-corrected chi connectivity index (χ2v) is 9.76. The number of nitrogens with zero attached hydrogens (tertiary/aromatic N) is 3. The van der Waals surface area contributed by atoms with Crippen molar-refractivity contribution in [1.29, 1.82) is 0 Å². The van der Waals surface area contributed by atoms with Crippen molar-refractivity contribution in [2.24, 2.45) is 0 Å². The molecule has 2 N–H and O–H groups in total. The first kappa shape index (κ1) is 23.8. The SMILES string of the molecule is Cc1cc(OCc2ccccc2)cc(-c2ccc3[nH]nc(-c4cc5c(-c6ccccc6F)nccc5[nH]4)c3n2)c1. The predicted octanol–water partition coefficient (Wildman–Crippen LogP) is 7.86. The summed E-state index contributed by atoms with van der Waals surface area (Å²) in [5.41, 5.74) is 8.84. The standard InChI is InChI=1S/C33H24FN5O/c1-20-15-22(17-23(16-20)40-19-21-7-3-2-4-8-21)27-11-12-29-32(37-27)33(39-38-29)30-18-25-28(36-30)13-14-35-31(25)24-9-5-6-10-26(24)34/h2-18,36H,19H2,1H3,(H,38,39). The van der Waals surface area contributed by atoms with Crippen LogP contribution in [-0.4, -0.2) is 25.1 Å². The van der Waals surface area contributed by atoms with Gasteiger partial charge in [-0.15, -0.1) is 0 Å². The molecule has 3 aromatic carbocycles. The van der Waals surface area contributed by atoms with Crippen molar-refractivity contribution in [2.75, 3.05) is 0 Å². The first-order chi connectivity index (χ1) is 19.6. The Hall–Kier alpha value is -5.30. The number of rotatable bonds is 6. The number of aromatic amines is 2. The molecular weight excluding hydrogens is 501 g/mol. The summed E-state index contributed by atoms with van der Waals surface area (Å²) in [6.45, 7) is 2.54. The van der Waals surface area contributed by atoms with Crippen molar-refractivity contribution < 1.29 is 9.13 Å². The maximum Gasteiger partial charge on any atom is 0.135 e. The number of aromatic nitrogens is 5. The van der Waals surface area contributed by atoms with Crippen LogP contribution < -0.4 is 4.74 Å². The second-order valence-electron chi connectivity index (χ2n) is 9.76. The van der Waals surface area contributed by atoms with Gasteiger partial charge in [-0.25, -0.2) is 9.37 Å². The van der Waals surface area contributed by atoms with Gasteiger partial charge < -0.3 is 9.72 Å². The molecule has 0 saturated heterocycles. The Morgan fingerprint density at radius 2 is 1.68 bits per heavy atom. The number of aryl methyl sites for hydroxylation is 1. The van der Waals surface area contributed by atoms with E-state index in [0.717, 1.165) is 55.8 Å². The monoisotopic (exact) mass is 525 g/mol. The van der Waals surface area contributed by atoms with E-state index in [1.165, 1.54) is 6.07 Å². The Bertz CT molecular complexity index is 1990. The molecule has 4 aromatic heterocycles. The van der Waals surface area contributed by atoms with Crippen LogP contribution in [0.1, 0.15) is 11.1 Å². The van der Waals surface area contributed by atoms with Gasteiger partial charge in [-0.05, 0) is 72.6 Å². The average Bonchev–Trinajstić information content (AvgIpc) is 3.60. The molecule has 0 spiro atoms. The maximum atomic E-state index is 14.6. The molecule has 0 unspecified atom stereocenters. The zero-order chi connectivity index (χ0) is 27.1. The summed E-state index contributed by atoms with van der Waals surface area (Å²) < 4.78 is 20.7. The van der Waals surface area contributed by atoms with E-state index in [-0.39, 0.29) is 5.82 Å². The van der Waals surface area contributed by atoms with Crippen molar-refractivity contribution in [1.82, 2.24) is 25.1 Å². The largest absolute Gasteiger partial charge is 0.489 e. The van der Waals surface area contributed by atoms with Crippen LogP contribution in [0.4, 0.5) is 4.39 Å². The summed E-state index contributed by atoms with van der Waals surface area (Å²) in [6.07, 6.45) is 1.68. The molecule has 4 heterocycles. The van der Waals surface area contributed by atoms with Crippen molar-refractivity contribution in [3.63, 3.8) is 0 Å². The Balaban J connectivity index is 1.27. The predicted molar refractivity (Wildman–Crippen MR) is 155 cm³/mol. The Kier molecular flexibility index (Phi) is 5.82. The highest BCUT2D eigenvalue weighted by atomic mass is 19.1. The highest BCUT2D eigenvalue weighted by molar-refractivity contribution is 5.99. The van der Waals surface area contributed by atoms with E-state index in [4.69, 9.17) is 9.72 Å². The van der Waals surface area contributed by atoms with E-state index in [0.29, 0.717) is 23.6 Å². The van der Waals surface area contributed by atoms with Crippen LogP contribution >= 0.6 is 0 Å². The lowest BCUT2D eigenvalue weighted by molar-refractivity contribution is 0.306. The number of H-pyrrole nitrogens is 2. The van der Waals surface area contributed by atoms with Gasteiger partial charge in [0.2, 0.25) is 0 Å². The zero-order valence-corrected chi connectivity index (χ0v) is 21.6. The van der Waals surface area contributed by atoms with Crippen LogP contribution in [0.25, 0.3) is 55.8 Å². The van der Waals surface area contributed by atoms with Gasteiger partial charge in [-0.1, -0.05) is 42.5 Å². The molecule has 7 rings (SSSR count). The molecule has 194 valence electrons. The molecule has 0 saturated carbocycles. The van der Waals surface area contributed by atoms with Gasteiger partial charge in [-0.3, -0.25) is 10.1 Å². The fourth-order valence-electron chi connectivity index (χ4n) is 5.02. The normalized spacial score (nSPS) is 11.3. The molecule has 0 amide bonds. The summed E-state index contributed by atoms with van der Waals surface area (Å²) >= 11 is 0. The van der Waals surface area contributed by atoms with E-state index in [9.17, 15) is 4.39 Å². The van der Waals surface area contributed by atoms with Crippen LogP contribution in [-0.2, 0) is 6.61 Å². The minimum Gasteiger partial charge on any atom is -0.489 e. The molecule has 0 aliphatic heterocycles. The van der Waals surface area contributed by atoms with Crippen LogP contribution in [0.2, 0.25) is 0 Å². The van der Waals surface area contributed by atoms with Gasteiger partial charge in [0, 0.05) is 28.2 Å². The Morgan fingerprint density at radius 1 is 0.825 bits per heavy atom. The molecule has 0 aliphatic carbocycles. The third-order valence-corrected chi connectivity index (χ3v) is 6.93. The maximum absolute atomic E-state index is 14.6. The number of halogens is 1. The highest BCUT2D eigenvalue weighted by Gasteiger charge is 2.17. The minimum absolute atomic E-state index is 0.313. The van der Waals surface area contributed by atoms with Crippen LogP contribution in [0.3, 0.4) is 0 Å². The lowest BCUT2D eigenvalue weighted by Crippen LogP contribution is -1.96. The number of fused-ring (bicyclic) bond motifs is 2. The highest BCUT2D eigenvalue weighted by Crippen LogP contribution is 2.34. The van der Waals surface area contributed by atoms with E-state index in [1.54, 1.807) is 18.3 Å². The van der Waals surface area contributed by atoms with Crippen molar-refractivity contribution in [3.8, 4) is 39.7 Å². The molecule has 7 heteroatoms. The Morgan fingerprint density at radius 3 is 2.55 bits per heavy atom. The summed E-state index contributed by atoms with van der Waals surface area (Å²) in [7, 11) is 0. The van der Waals surface area contributed by atoms with E-state index in [1.807, 2.05) is 79.7 Å². The third kappa shape index (κ3) is 4.37. The minimum atomic E-state index is -0.313. The molecule has 0 radical (unpaired) electrons. The molecule has 0 bridgehead atoms. The summed E-state index contributed by atoms with van der Waals surface area (Å²) in [6, 6.07) is 30.7. The summed E-state index contributed by atoms with van der Waals surface area (Å²) in [4.78, 5) is 12.9. The van der Waals surface area contributed by atoms with Gasteiger partial charge in [0.25, 0.3) is 0 Å². The lowest BCUT2D eigenvalue weighted by Gasteiger charge is -2.10. The molecule has 0 aliphatic rings. The molecule has 40 heavy (non-hydrogen) atoms. The average molecular weight is 526 g/mol. The lowest BCUT2D eigenvalue weighted by atomic mass is 10.1. The number of ether oxygens (including phenoxy) is 1. The summed E-state index contributed by atoms with van der Waals surface area (Å²) in [5, 5.41) is 8.48. The first-order valence-corrected chi connectivity index (χ1v) is 13.0. The third-order valence-electron chi connectivity index (χ3n) is 6.93. The molecule has 6 nitrogen and oxygen atoms in total. The van der Waals surface area contributed by atoms with Crippen LogP contribution in [0.15, 0.2) is 103 Å². The van der Waals surface area contributed by atoms with Crippen LogP contribution in [0.5, 0.6) is 5.75 Å². The van der Waals surface area contributed by atoms with E-state index >= 15 is 0 Å². The van der Waals surface area contributed by atoms with Crippen molar-refractivity contribution in [2.45, 2.75) is 13.5 Å². The van der Waals surface area contributed by atoms with E-state index < -0.39 is 0 Å². The molecule has 7 aromatic rings. The second kappa shape index (κ2) is 9.78. The molecule has 0 atom stereocenters. The number of hydrogen-bond acceptors (Lipinski definition) is 4. The number of hydrogen-bond donors (Lipinski definition) is 2. The molecular formula is C33H24FN5O. The van der Waals surface area contributed by atoms with Gasteiger partial charge in [0.1, 0.15) is 29.4 Å². The fourth-order valence-corrected chi connectivity index (χ4v) is 5.02. The first-order valence-electron chi connectivity index (χ1n) is 13.0. The smallest absolute Gasteiger partial charge is 0.135 e. The number of pyridine rings is 2. The zero-order valence-electron chi connectivity index (χ0n) is 21.6. The van der Waals surface area contributed by atoms with Gasteiger partial charge in [0.15, 0.2) is 0 Å². The number of nitrogens with one attached hydrogen (secondary N) is 2. The fraction of sp³-hybridized carbons (Fsp3) is 0.0606. The van der Waals surface area contributed by atoms with Gasteiger partial charge in [0.05, 0.1) is 22.6 Å². The van der Waals surface area contributed by atoms with Crippen LogP contribution in [0, 0.1) is 12.7 Å². The van der Waals surface area contributed by atoms with Crippen molar-refractivity contribution in [3.05, 3.63) is 120 Å². The van der Waals surface area contributed by atoms with Gasteiger partial charge in [-0.2, -0.15) is 5.10 Å². The molecule has 0 fully saturated rings.